The van der Waals surface area contributed by atoms with E-state index >= 15 is 0 Å². The maximum Gasteiger partial charge on any atom is 0.308 e. The minimum Gasteiger partial charge on any atom is -0.427 e. The summed E-state index contributed by atoms with van der Waals surface area (Å²) in [4.78, 5) is 22.8. The second-order valence-corrected chi connectivity index (χ2v) is 4.09. The molecule has 1 amide bonds. The third kappa shape index (κ3) is 3.65. The van der Waals surface area contributed by atoms with E-state index in [1.54, 1.807) is 18.2 Å². The van der Waals surface area contributed by atoms with E-state index < -0.39 is 17.7 Å². The monoisotopic (exact) mass is 273 g/mol. The quantitative estimate of drug-likeness (QED) is 0.691. The van der Waals surface area contributed by atoms with Crippen LogP contribution in [-0.4, -0.2) is 11.9 Å². The first-order valence-corrected chi connectivity index (χ1v) is 5.90. The van der Waals surface area contributed by atoms with Gasteiger partial charge in [-0.3, -0.25) is 9.59 Å². The largest absolute Gasteiger partial charge is 0.427 e. The van der Waals surface area contributed by atoms with Gasteiger partial charge in [-0.25, -0.2) is 4.39 Å². The van der Waals surface area contributed by atoms with Crippen molar-refractivity contribution in [3.63, 3.8) is 0 Å². The van der Waals surface area contributed by atoms with Crippen LogP contribution in [0.4, 0.5) is 10.1 Å². The molecular weight excluding hydrogens is 261 g/mol. The van der Waals surface area contributed by atoms with Crippen LogP contribution in [0.3, 0.4) is 0 Å². The summed E-state index contributed by atoms with van der Waals surface area (Å²) < 4.78 is 17.9. The summed E-state index contributed by atoms with van der Waals surface area (Å²) in [6.45, 7) is 1.29. The molecule has 0 fully saturated rings. The van der Waals surface area contributed by atoms with Gasteiger partial charge in [-0.15, -0.1) is 0 Å². The smallest absolute Gasteiger partial charge is 0.308 e. The molecule has 0 unspecified atom stereocenters. The van der Waals surface area contributed by atoms with Gasteiger partial charge in [0.15, 0.2) is 0 Å². The molecular formula is C15H12FNO3. The molecule has 0 aromatic heterocycles. The Labute approximate surface area is 115 Å². The Bertz CT molecular complexity index is 655. The Balaban J connectivity index is 2.13. The first-order valence-electron chi connectivity index (χ1n) is 5.90. The van der Waals surface area contributed by atoms with Gasteiger partial charge in [-0.1, -0.05) is 12.1 Å². The van der Waals surface area contributed by atoms with Gasteiger partial charge in [-0.2, -0.15) is 0 Å². The summed E-state index contributed by atoms with van der Waals surface area (Å²) in [7, 11) is 0. The van der Waals surface area contributed by atoms with Crippen molar-refractivity contribution in [1.29, 1.82) is 0 Å². The number of nitrogens with one attached hydrogen (secondary N) is 1. The molecule has 2 rings (SSSR count). The summed E-state index contributed by atoms with van der Waals surface area (Å²) in [6, 6.07) is 11.8. The highest BCUT2D eigenvalue weighted by Crippen LogP contribution is 2.18. The number of rotatable bonds is 3. The molecule has 20 heavy (non-hydrogen) atoms. The van der Waals surface area contributed by atoms with Crippen molar-refractivity contribution in [2.24, 2.45) is 0 Å². The molecule has 0 aliphatic heterocycles. The molecule has 2 aromatic rings. The summed E-state index contributed by atoms with van der Waals surface area (Å²) in [5.41, 5.74) is 0.668. The standard InChI is InChI=1S/C15H12FNO3/c1-10(18)20-14-7-3-6-13(9-14)17-15(19)11-4-2-5-12(16)8-11/h2-9H,1H3,(H,17,19). The van der Waals surface area contributed by atoms with Crippen LogP contribution in [0, 0.1) is 5.82 Å². The Hall–Kier alpha value is -2.69. The van der Waals surface area contributed by atoms with Gasteiger partial charge in [0.25, 0.3) is 5.91 Å². The Kier molecular flexibility index (Phi) is 4.10. The van der Waals surface area contributed by atoms with Crippen LogP contribution in [0.5, 0.6) is 5.75 Å². The number of benzene rings is 2. The predicted octanol–water partition coefficient (Wildman–Crippen LogP) is 3.00. The van der Waals surface area contributed by atoms with Crippen LogP contribution in [0.2, 0.25) is 0 Å². The van der Waals surface area contributed by atoms with Crippen molar-refractivity contribution < 1.29 is 18.7 Å². The molecule has 4 nitrogen and oxygen atoms in total. The molecule has 0 spiro atoms. The molecule has 0 saturated heterocycles. The van der Waals surface area contributed by atoms with Gasteiger partial charge in [0.05, 0.1) is 0 Å². The third-order valence-electron chi connectivity index (χ3n) is 2.44. The van der Waals surface area contributed by atoms with E-state index in [9.17, 15) is 14.0 Å². The number of amides is 1. The molecule has 1 N–H and O–H groups in total. The van der Waals surface area contributed by atoms with Crippen LogP contribution in [0.25, 0.3) is 0 Å². The molecule has 0 aliphatic carbocycles. The van der Waals surface area contributed by atoms with Crippen molar-refractivity contribution in [3.8, 4) is 5.75 Å². The highest BCUT2D eigenvalue weighted by Gasteiger charge is 2.07. The van der Waals surface area contributed by atoms with Crippen LogP contribution >= 0.6 is 0 Å². The molecule has 5 heteroatoms. The van der Waals surface area contributed by atoms with Crippen LogP contribution in [0.15, 0.2) is 48.5 Å². The number of hydrogen-bond acceptors (Lipinski definition) is 3. The number of carbonyl (C=O) groups excluding carboxylic acids is 2. The third-order valence-corrected chi connectivity index (χ3v) is 2.44. The van der Waals surface area contributed by atoms with E-state index in [-0.39, 0.29) is 5.56 Å². The zero-order chi connectivity index (χ0) is 14.5. The molecule has 0 atom stereocenters. The average molecular weight is 273 g/mol. The fourth-order valence-corrected chi connectivity index (χ4v) is 1.64. The minimum atomic E-state index is -0.480. The fraction of sp³-hybridized carbons (Fsp3) is 0.0667. The highest BCUT2D eigenvalue weighted by molar-refractivity contribution is 6.04. The maximum absolute atomic E-state index is 13.0. The van der Waals surface area contributed by atoms with Crippen molar-refractivity contribution in [1.82, 2.24) is 0 Å². The zero-order valence-corrected chi connectivity index (χ0v) is 10.7. The van der Waals surface area contributed by atoms with Gasteiger partial charge in [0.2, 0.25) is 0 Å². The lowest BCUT2D eigenvalue weighted by molar-refractivity contribution is -0.131. The van der Waals surface area contributed by atoms with Crippen LogP contribution in [0.1, 0.15) is 17.3 Å². The van der Waals surface area contributed by atoms with Gasteiger partial charge >= 0.3 is 5.97 Å². The normalized spacial score (nSPS) is 9.90. The summed E-state index contributed by atoms with van der Waals surface area (Å²) in [5.74, 6) is -1.04. The topological polar surface area (TPSA) is 55.4 Å². The van der Waals surface area contributed by atoms with E-state index in [0.29, 0.717) is 11.4 Å². The second-order valence-electron chi connectivity index (χ2n) is 4.09. The van der Waals surface area contributed by atoms with Crippen molar-refractivity contribution in [2.75, 3.05) is 5.32 Å². The predicted molar refractivity (Wildman–Crippen MR) is 72.1 cm³/mol. The molecule has 2 aromatic carbocycles. The SMILES string of the molecule is CC(=O)Oc1cccc(NC(=O)c2cccc(F)c2)c1. The van der Waals surface area contributed by atoms with E-state index in [1.165, 1.54) is 31.2 Å². The zero-order valence-electron chi connectivity index (χ0n) is 10.7. The van der Waals surface area contributed by atoms with Crippen molar-refractivity contribution >= 4 is 17.6 Å². The number of ether oxygens (including phenoxy) is 1. The molecule has 0 radical (unpaired) electrons. The average Bonchev–Trinajstić information content (AvgIpc) is 2.38. The van der Waals surface area contributed by atoms with Gasteiger partial charge in [0, 0.05) is 24.2 Å². The molecule has 0 saturated carbocycles. The number of hydrogen-bond donors (Lipinski definition) is 1. The Morgan fingerprint density at radius 2 is 1.85 bits per heavy atom. The minimum absolute atomic E-state index is 0.211. The highest BCUT2D eigenvalue weighted by atomic mass is 19.1. The first-order chi connectivity index (χ1) is 9.54. The van der Waals surface area contributed by atoms with E-state index in [2.05, 4.69) is 5.32 Å². The van der Waals surface area contributed by atoms with Gasteiger partial charge in [0.1, 0.15) is 11.6 Å². The van der Waals surface area contributed by atoms with Gasteiger partial charge in [-0.05, 0) is 30.3 Å². The molecule has 0 bridgehead atoms. The number of halogens is 1. The first kappa shape index (κ1) is 13.7. The van der Waals surface area contributed by atoms with E-state index in [4.69, 9.17) is 4.74 Å². The lowest BCUT2D eigenvalue weighted by atomic mass is 10.2. The fourth-order valence-electron chi connectivity index (χ4n) is 1.64. The lowest BCUT2D eigenvalue weighted by Crippen LogP contribution is -2.12. The molecule has 102 valence electrons. The van der Waals surface area contributed by atoms with Crippen LogP contribution < -0.4 is 10.1 Å². The maximum atomic E-state index is 13.0. The summed E-state index contributed by atoms with van der Waals surface area (Å²) in [5, 5.41) is 2.60. The Morgan fingerprint density at radius 1 is 1.10 bits per heavy atom. The van der Waals surface area contributed by atoms with Crippen molar-refractivity contribution in [3.05, 3.63) is 59.9 Å². The number of carbonyl (C=O) groups is 2. The summed E-state index contributed by atoms with van der Waals surface area (Å²) in [6.07, 6.45) is 0. The van der Waals surface area contributed by atoms with E-state index in [0.717, 1.165) is 6.07 Å². The number of esters is 1. The van der Waals surface area contributed by atoms with E-state index in [1.807, 2.05) is 0 Å². The number of anilines is 1. The second kappa shape index (κ2) is 5.97. The van der Waals surface area contributed by atoms with Gasteiger partial charge < -0.3 is 10.1 Å². The Morgan fingerprint density at radius 3 is 2.55 bits per heavy atom. The summed E-state index contributed by atoms with van der Waals surface area (Å²) >= 11 is 0. The lowest BCUT2D eigenvalue weighted by Gasteiger charge is -2.07. The molecule has 0 aliphatic rings. The van der Waals surface area contributed by atoms with Crippen molar-refractivity contribution in [2.45, 2.75) is 6.92 Å². The molecule has 0 heterocycles. The van der Waals surface area contributed by atoms with Crippen LogP contribution in [-0.2, 0) is 4.79 Å².